The van der Waals surface area contributed by atoms with Gasteiger partial charge < -0.3 is 9.88 Å². The van der Waals surface area contributed by atoms with Gasteiger partial charge in [-0.1, -0.05) is 55.9 Å². The summed E-state index contributed by atoms with van der Waals surface area (Å²) in [7, 11) is 1.85. The second kappa shape index (κ2) is 10.3. The van der Waals surface area contributed by atoms with Crippen LogP contribution in [0.25, 0.3) is 22.2 Å². The first-order valence-corrected chi connectivity index (χ1v) is 12.2. The van der Waals surface area contributed by atoms with Crippen molar-refractivity contribution in [2.45, 2.75) is 32.0 Å². The maximum absolute atomic E-state index is 13.5. The number of nitrogens with one attached hydrogen (secondary N) is 1. The number of aryl methyl sites for hydroxylation is 1. The largest absolute Gasteiger partial charge is 0.344 e. The summed E-state index contributed by atoms with van der Waals surface area (Å²) in [5.41, 5.74) is 3.43. The Balaban J connectivity index is 1.69. The smallest absolute Gasteiger partial charge is 0.278 e. The van der Waals surface area contributed by atoms with E-state index in [2.05, 4.69) is 19.2 Å². The molecule has 8 heteroatoms. The first kappa shape index (κ1) is 23.8. The summed E-state index contributed by atoms with van der Waals surface area (Å²) >= 11 is 1.23. The fourth-order valence-corrected chi connectivity index (χ4v) is 4.55. The van der Waals surface area contributed by atoms with Crippen molar-refractivity contribution in [1.82, 2.24) is 14.1 Å². The lowest BCUT2D eigenvalue weighted by Gasteiger charge is -2.14. The fourth-order valence-electron chi connectivity index (χ4n) is 3.73. The lowest BCUT2D eigenvalue weighted by Crippen LogP contribution is -2.26. The number of benzene rings is 2. The van der Waals surface area contributed by atoms with Crippen LogP contribution in [0.5, 0.6) is 0 Å². The molecule has 0 aliphatic carbocycles. The highest BCUT2D eigenvalue weighted by molar-refractivity contribution is 7.99. The first-order chi connectivity index (χ1) is 16.3. The molecule has 2 aromatic heterocycles. The minimum absolute atomic E-state index is 0.0739. The van der Waals surface area contributed by atoms with Crippen LogP contribution >= 0.6 is 11.8 Å². The monoisotopic (exact) mass is 478 g/mol. The third kappa shape index (κ3) is 5.22. The molecule has 0 saturated heterocycles. The molecule has 0 bridgehead atoms. The van der Waals surface area contributed by atoms with Gasteiger partial charge in [-0.25, -0.2) is 9.37 Å². The second-order valence-electron chi connectivity index (χ2n) is 8.59. The number of aromatic nitrogens is 3. The van der Waals surface area contributed by atoms with Gasteiger partial charge in [-0.2, -0.15) is 0 Å². The molecule has 0 unspecified atom stereocenters. The number of thioether (sulfide) groups is 1. The van der Waals surface area contributed by atoms with E-state index in [9.17, 15) is 14.0 Å². The topological polar surface area (TPSA) is 68.9 Å². The van der Waals surface area contributed by atoms with Crippen molar-refractivity contribution in [3.63, 3.8) is 0 Å². The highest BCUT2D eigenvalue weighted by atomic mass is 32.2. The van der Waals surface area contributed by atoms with E-state index in [-0.39, 0.29) is 23.0 Å². The van der Waals surface area contributed by atoms with Gasteiger partial charge in [0, 0.05) is 31.0 Å². The van der Waals surface area contributed by atoms with E-state index in [1.165, 1.54) is 36.0 Å². The van der Waals surface area contributed by atoms with Gasteiger partial charge in [0.15, 0.2) is 5.16 Å². The number of fused-ring (bicyclic) bond motifs is 1. The number of nitrogens with zero attached hydrogens (tertiary/aromatic N) is 3. The molecule has 1 N–H and O–H groups in total. The molecule has 0 fully saturated rings. The molecule has 2 heterocycles. The Kier molecular flexibility index (Phi) is 7.17. The summed E-state index contributed by atoms with van der Waals surface area (Å²) in [6.45, 7) is 4.74. The molecule has 34 heavy (non-hydrogen) atoms. The van der Waals surface area contributed by atoms with E-state index >= 15 is 0 Å². The molecule has 0 radical (unpaired) electrons. The molecule has 0 saturated carbocycles. The van der Waals surface area contributed by atoms with Crippen LogP contribution in [0.4, 0.5) is 10.1 Å². The standard InChI is InChI=1S/C26H27FN4O2S/c1-17(2)13-14-31-25(33)24-23(21(15-30(24)3)18-7-5-4-6-8-18)29-26(31)34-16-22(32)28-20-11-9-19(27)10-12-20/h4-12,15,17H,13-14,16H2,1-3H3,(H,28,32). The normalized spacial score (nSPS) is 11.3. The van der Waals surface area contributed by atoms with Gasteiger partial charge in [-0.15, -0.1) is 0 Å². The Hall–Kier alpha value is -3.39. The average Bonchev–Trinajstić information content (AvgIpc) is 3.15. The van der Waals surface area contributed by atoms with Crippen LogP contribution in [-0.2, 0) is 18.4 Å². The van der Waals surface area contributed by atoms with Gasteiger partial charge in [0.05, 0.1) is 5.75 Å². The van der Waals surface area contributed by atoms with Crippen molar-refractivity contribution in [2.24, 2.45) is 13.0 Å². The molecule has 2 aromatic carbocycles. The number of carbonyl (C=O) groups excluding carboxylic acids is 1. The summed E-state index contributed by atoms with van der Waals surface area (Å²) in [5.74, 6) is -0.130. The van der Waals surface area contributed by atoms with Crippen LogP contribution < -0.4 is 10.9 Å². The lowest BCUT2D eigenvalue weighted by atomic mass is 10.1. The Bertz CT molecular complexity index is 1360. The number of hydrogen-bond donors (Lipinski definition) is 1. The van der Waals surface area contributed by atoms with Gasteiger partial charge >= 0.3 is 0 Å². The molecule has 6 nitrogen and oxygen atoms in total. The van der Waals surface area contributed by atoms with Crippen LogP contribution in [0.3, 0.4) is 0 Å². The zero-order chi connectivity index (χ0) is 24.2. The maximum atomic E-state index is 13.5. The van der Waals surface area contributed by atoms with E-state index in [1.807, 2.05) is 48.1 Å². The highest BCUT2D eigenvalue weighted by Gasteiger charge is 2.19. The van der Waals surface area contributed by atoms with Gasteiger partial charge in [-0.3, -0.25) is 14.2 Å². The Morgan fingerprint density at radius 1 is 1.12 bits per heavy atom. The zero-order valence-electron chi connectivity index (χ0n) is 19.4. The predicted molar refractivity (Wildman–Crippen MR) is 136 cm³/mol. The minimum Gasteiger partial charge on any atom is -0.344 e. The number of rotatable bonds is 8. The fraction of sp³-hybridized carbons (Fsp3) is 0.269. The number of anilines is 1. The SMILES string of the molecule is CC(C)CCn1c(SCC(=O)Nc2ccc(F)cc2)nc2c(-c3ccccc3)cn(C)c2c1=O. The third-order valence-corrected chi connectivity index (χ3v) is 6.49. The van der Waals surface area contributed by atoms with E-state index in [1.54, 1.807) is 4.57 Å². The molecule has 0 aliphatic heterocycles. The van der Waals surface area contributed by atoms with Crippen LogP contribution in [-0.4, -0.2) is 25.8 Å². The molecule has 4 aromatic rings. The first-order valence-electron chi connectivity index (χ1n) is 11.2. The van der Waals surface area contributed by atoms with Crippen LogP contribution in [0.1, 0.15) is 20.3 Å². The van der Waals surface area contributed by atoms with E-state index in [4.69, 9.17) is 4.98 Å². The zero-order valence-corrected chi connectivity index (χ0v) is 20.2. The Morgan fingerprint density at radius 2 is 1.82 bits per heavy atom. The Morgan fingerprint density at radius 3 is 2.50 bits per heavy atom. The van der Waals surface area contributed by atoms with Crippen molar-refractivity contribution in [2.75, 3.05) is 11.1 Å². The number of carbonyl (C=O) groups is 1. The quantitative estimate of drug-likeness (QED) is 0.275. The van der Waals surface area contributed by atoms with E-state index < -0.39 is 0 Å². The summed E-state index contributed by atoms with van der Waals surface area (Å²) < 4.78 is 16.6. The van der Waals surface area contributed by atoms with Crippen LogP contribution in [0.2, 0.25) is 0 Å². The molecule has 176 valence electrons. The summed E-state index contributed by atoms with van der Waals surface area (Å²) in [6, 6.07) is 15.4. The highest BCUT2D eigenvalue weighted by Crippen LogP contribution is 2.29. The average molecular weight is 479 g/mol. The summed E-state index contributed by atoms with van der Waals surface area (Å²) in [6.07, 6.45) is 2.75. The number of amides is 1. The maximum Gasteiger partial charge on any atom is 0.278 e. The number of hydrogen-bond acceptors (Lipinski definition) is 4. The lowest BCUT2D eigenvalue weighted by molar-refractivity contribution is -0.113. The third-order valence-electron chi connectivity index (χ3n) is 5.52. The molecule has 4 rings (SSSR count). The number of halogens is 1. The predicted octanol–water partition coefficient (Wildman–Crippen LogP) is 5.32. The van der Waals surface area contributed by atoms with Gasteiger partial charge in [0.1, 0.15) is 16.9 Å². The molecule has 0 spiro atoms. The van der Waals surface area contributed by atoms with Crippen molar-refractivity contribution < 1.29 is 9.18 Å². The van der Waals surface area contributed by atoms with Gasteiger partial charge in [0.25, 0.3) is 5.56 Å². The second-order valence-corrected chi connectivity index (χ2v) is 9.54. The summed E-state index contributed by atoms with van der Waals surface area (Å²) in [5, 5.41) is 3.27. The van der Waals surface area contributed by atoms with E-state index in [0.717, 1.165) is 17.5 Å². The Labute approximate surface area is 201 Å². The van der Waals surface area contributed by atoms with Gasteiger partial charge in [0.2, 0.25) is 5.91 Å². The minimum atomic E-state index is -0.365. The van der Waals surface area contributed by atoms with Crippen molar-refractivity contribution in [1.29, 1.82) is 0 Å². The van der Waals surface area contributed by atoms with Crippen molar-refractivity contribution >= 4 is 34.4 Å². The molecule has 1 amide bonds. The van der Waals surface area contributed by atoms with Gasteiger partial charge in [-0.05, 0) is 42.2 Å². The van der Waals surface area contributed by atoms with Crippen LogP contribution in [0, 0.1) is 11.7 Å². The molecule has 0 aliphatic rings. The van der Waals surface area contributed by atoms with Crippen molar-refractivity contribution in [3.05, 3.63) is 77.0 Å². The van der Waals surface area contributed by atoms with Crippen LogP contribution in [0.15, 0.2) is 70.7 Å². The summed E-state index contributed by atoms with van der Waals surface area (Å²) in [4.78, 5) is 31.0. The molecule has 0 atom stereocenters. The molecular formula is C26H27FN4O2S. The van der Waals surface area contributed by atoms with E-state index in [0.29, 0.717) is 34.3 Å². The van der Waals surface area contributed by atoms with Crippen molar-refractivity contribution in [3.8, 4) is 11.1 Å². The molecular weight excluding hydrogens is 451 g/mol.